The van der Waals surface area contributed by atoms with E-state index in [1.54, 1.807) is 30.6 Å². The zero-order chi connectivity index (χ0) is 30.4. The smallest absolute Gasteiger partial charge is 0.253 e. The number of amides is 1. The lowest BCUT2D eigenvalue weighted by Gasteiger charge is -2.19. The fourth-order valence-corrected chi connectivity index (χ4v) is 8.05. The third-order valence-corrected chi connectivity index (χ3v) is 10.6. The van der Waals surface area contributed by atoms with E-state index in [-0.39, 0.29) is 34.6 Å². The Labute approximate surface area is 250 Å². The molecule has 3 N–H and O–H groups in total. The van der Waals surface area contributed by atoms with E-state index < -0.39 is 38.0 Å². The van der Waals surface area contributed by atoms with Crippen LogP contribution in [0.5, 0.6) is 0 Å². The Hall–Kier alpha value is -3.78. The predicted octanol–water partition coefficient (Wildman–Crippen LogP) is 3.73. The summed E-state index contributed by atoms with van der Waals surface area (Å²) in [6.07, 6.45) is 9.49. The number of pyridine rings is 3. The Morgan fingerprint density at radius 2 is 1.67 bits per heavy atom. The molecule has 2 aliphatic carbocycles. The average Bonchev–Trinajstić information content (AvgIpc) is 3.80. The first-order chi connectivity index (χ1) is 20.5. The van der Waals surface area contributed by atoms with Crippen molar-refractivity contribution >= 4 is 36.7 Å². The van der Waals surface area contributed by atoms with E-state index in [0.717, 1.165) is 18.5 Å². The summed E-state index contributed by atoms with van der Waals surface area (Å²) in [6.45, 7) is 4.08. The van der Waals surface area contributed by atoms with Gasteiger partial charge in [0.2, 0.25) is 20.0 Å². The highest BCUT2D eigenvalue weighted by atomic mass is 32.2. The van der Waals surface area contributed by atoms with Gasteiger partial charge in [-0.15, -0.1) is 0 Å². The summed E-state index contributed by atoms with van der Waals surface area (Å²) in [5.41, 5.74) is 2.22. The molecule has 3 aromatic heterocycles. The van der Waals surface area contributed by atoms with Gasteiger partial charge in [-0.2, -0.15) is 0 Å². The number of benzene rings is 1. The number of rotatable bonds is 10. The molecule has 4 aromatic rings. The van der Waals surface area contributed by atoms with E-state index in [9.17, 15) is 21.6 Å². The fourth-order valence-electron chi connectivity index (χ4n) is 5.42. The number of hydrogen-bond donors (Lipinski definition) is 3. The van der Waals surface area contributed by atoms with Crippen molar-refractivity contribution in [1.29, 1.82) is 0 Å². The van der Waals surface area contributed by atoms with Gasteiger partial charge in [-0.1, -0.05) is 13.8 Å². The standard InChI is InChI=1S/C30H32N6O5S2/c1-18(2)14-34-43(40,41)28-12-23-26(35-30(37)20-5-3-9-31-15-20)13-27(36-42(38,39)21-6-4-10-32-16-21)29(23)24-17-33-25(11-22(24)28)19-7-8-19/h3-6,9-12,15-19,26-27,34,36H,7-8,13-14H2,1-2H3,(H,35,37). The lowest BCUT2D eigenvalue weighted by molar-refractivity contribution is 0.0935. The van der Waals surface area contributed by atoms with Crippen LogP contribution in [0.25, 0.3) is 10.8 Å². The van der Waals surface area contributed by atoms with Gasteiger partial charge in [0.1, 0.15) is 4.90 Å². The Kier molecular flexibility index (Phi) is 7.75. The van der Waals surface area contributed by atoms with Gasteiger partial charge >= 0.3 is 0 Å². The molecule has 43 heavy (non-hydrogen) atoms. The highest BCUT2D eigenvalue weighted by molar-refractivity contribution is 7.90. The summed E-state index contributed by atoms with van der Waals surface area (Å²) in [4.78, 5) is 25.9. The quantitative estimate of drug-likeness (QED) is 0.242. The second kappa shape index (κ2) is 11.4. The van der Waals surface area contributed by atoms with Gasteiger partial charge in [0.05, 0.1) is 22.5 Å². The normalized spacial score (nSPS) is 18.6. The summed E-state index contributed by atoms with van der Waals surface area (Å²) in [5, 5.41) is 3.96. The molecule has 2 unspecified atom stereocenters. The van der Waals surface area contributed by atoms with E-state index in [2.05, 4.69) is 29.7 Å². The fraction of sp³-hybridized carbons (Fsp3) is 0.333. The third kappa shape index (κ3) is 6.03. The Balaban J connectivity index is 1.51. The maximum absolute atomic E-state index is 13.7. The second-order valence-electron chi connectivity index (χ2n) is 11.4. The highest BCUT2D eigenvalue weighted by Gasteiger charge is 2.39. The van der Waals surface area contributed by atoms with Gasteiger partial charge in [0, 0.05) is 59.9 Å². The van der Waals surface area contributed by atoms with Gasteiger partial charge in [-0.05, 0) is 72.7 Å². The molecule has 224 valence electrons. The minimum atomic E-state index is -4.01. The lowest BCUT2D eigenvalue weighted by atomic mass is 9.99. The molecule has 2 aliphatic rings. The van der Waals surface area contributed by atoms with E-state index >= 15 is 0 Å². The van der Waals surface area contributed by atoms with Crippen molar-refractivity contribution in [2.24, 2.45) is 5.92 Å². The number of hydrogen-bond acceptors (Lipinski definition) is 8. The molecular formula is C30H32N6O5S2. The van der Waals surface area contributed by atoms with Crippen LogP contribution in [0.3, 0.4) is 0 Å². The molecule has 0 radical (unpaired) electrons. The molecule has 1 saturated carbocycles. The Bertz CT molecular complexity index is 1900. The van der Waals surface area contributed by atoms with Crippen LogP contribution in [-0.2, 0) is 20.0 Å². The molecule has 2 atom stereocenters. The molecule has 13 heteroatoms. The average molecular weight is 621 g/mol. The summed E-state index contributed by atoms with van der Waals surface area (Å²) in [6, 6.07) is 8.15. The zero-order valence-corrected chi connectivity index (χ0v) is 25.3. The number of sulfonamides is 2. The maximum atomic E-state index is 13.7. The highest BCUT2D eigenvalue weighted by Crippen LogP contribution is 2.47. The predicted molar refractivity (Wildman–Crippen MR) is 160 cm³/mol. The first-order valence-corrected chi connectivity index (χ1v) is 17.1. The molecule has 6 rings (SSSR count). The largest absolute Gasteiger partial charge is 0.345 e. The molecule has 1 fully saturated rings. The van der Waals surface area contributed by atoms with Crippen LogP contribution in [0.2, 0.25) is 0 Å². The summed E-state index contributed by atoms with van der Waals surface area (Å²) in [5.74, 6) is -0.0652. The van der Waals surface area contributed by atoms with Crippen LogP contribution < -0.4 is 14.8 Å². The van der Waals surface area contributed by atoms with Crippen molar-refractivity contribution in [2.75, 3.05) is 6.54 Å². The molecule has 0 saturated heterocycles. The van der Waals surface area contributed by atoms with Crippen molar-refractivity contribution in [2.45, 2.75) is 60.9 Å². The van der Waals surface area contributed by atoms with Crippen LogP contribution in [0.15, 0.2) is 77.2 Å². The zero-order valence-electron chi connectivity index (χ0n) is 23.7. The monoisotopic (exact) mass is 620 g/mol. The number of nitrogens with one attached hydrogen (secondary N) is 3. The number of fused-ring (bicyclic) bond motifs is 3. The van der Waals surface area contributed by atoms with Gasteiger partial charge in [0.25, 0.3) is 5.91 Å². The number of carbonyl (C=O) groups is 1. The summed E-state index contributed by atoms with van der Waals surface area (Å²) < 4.78 is 59.9. The first-order valence-electron chi connectivity index (χ1n) is 14.1. The van der Waals surface area contributed by atoms with Crippen molar-refractivity contribution in [3.8, 4) is 0 Å². The second-order valence-corrected chi connectivity index (χ2v) is 14.9. The third-order valence-electron chi connectivity index (χ3n) is 7.71. The van der Waals surface area contributed by atoms with E-state index in [0.29, 0.717) is 27.5 Å². The topological polar surface area (TPSA) is 160 Å². The Morgan fingerprint density at radius 3 is 2.33 bits per heavy atom. The number of nitrogens with zero attached hydrogens (tertiary/aromatic N) is 3. The van der Waals surface area contributed by atoms with E-state index in [4.69, 9.17) is 0 Å². The maximum Gasteiger partial charge on any atom is 0.253 e. The molecule has 0 spiro atoms. The van der Waals surface area contributed by atoms with Crippen LogP contribution in [0.4, 0.5) is 0 Å². The van der Waals surface area contributed by atoms with Crippen molar-refractivity contribution in [1.82, 2.24) is 29.7 Å². The molecule has 1 amide bonds. The minimum Gasteiger partial charge on any atom is -0.345 e. The Morgan fingerprint density at radius 1 is 0.930 bits per heavy atom. The van der Waals surface area contributed by atoms with Gasteiger partial charge in [-0.25, -0.2) is 26.3 Å². The van der Waals surface area contributed by atoms with Gasteiger partial charge in [0.15, 0.2) is 0 Å². The number of aromatic nitrogens is 3. The molecule has 1 aromatic carbocycles. The van der Waals surface area contributed by atoms with Crippen LogP contribution >= 0.6 is 0 Å². The molecule has 3 heterocycles. The van der Waals surface area contributed by atoms with Crippen LogP contribution in [0, 0.1) is 5.92 Å². The SMILES string of the molecule is CC(C)CNS(=O)(=O)c1cc2c(c3cnc(C4CC4)cc13)C(NS(=O)(=O)c1cccnc1)CC2NC(=O)c1cccnc1. The molecule has 0 bridgehead atoms. The van der Waals surface area contributed by atoms with Crippen molar-refractivity contribution < 1.29 is 21.6 Å². The van der Waals surface area contributed by atoms with Crippen LogP contribution in [-0.4, -0.2) is 44.2 Å². The summed E-state index contributed by atoms with van der Waals surface area (Å²) in [7, 11) is -7.99. The van der Waals surface area contributed by atoms with Crippen molar-refractivity contribution in [3.63, 3.8) is 0 Å². The van der Waals surface area contributed by atoms with E-state index in [1.807, 2.05) is 19.9 Å². The first kappa shape index (κ1) is 29.3. The van der Waals surface area contributed by atoms with Gasteiger partial charge < -0.3 is 5.32 Å². The minimum absolute atomic E-state index is 0.00470. The summed E-state index contributed by atoms with van der Waals surface area (Å²) >= 11 is 0. The number of carbonyl (C=O) groups excluding carboxylic acids is 1. The molecular weight excluding hydrogens is 589 g/mol. The van der Waals surface area contributed by atoms with E-state index in [1.165, 1.54) is 30.7 Å². The lowest BCUT2D eigenvalue weighted by Crippen LogP contribution is -2.30. The van der Waals surface area contributed by atoms with Crippen molar-refractivity contribution in [3.05, 3.63) is 89.8 Å². The van der Waals surface area contributed by atoms with Gasteiger partial charge in [-0.3, -0.25) is 19.7 Å². The molecule has 0 aliphatic heterocycles. The van der Waals surface area contributed by atoms with Crippen LogP contribution in [0.1, 0.15) is 78.3 Å². The molecule has 11 nitrogen and oxygen atoms in total.